The Morgan fingerprint density at radius 2 is 1.70 bits per heavy atom. The van der Waals surface area contributed by atoms with Crippen molar-refractivity contribution < 1.29 is 13.2 Å². The smallest absolute Gasteiger partial charge is 0.251 e. The van der Waals surface area contributed by atoms with E-state index in [9.17, 15) is 18.0 Å². The van der Waals surface area contributed by atoms with Crippen molar-refractivity contribution in [1.29, 1.82) is 0 Å². The summed E-state index contributed by atoms with van der Waals surface area (Å²) >= 11 is 0. The lowest BCUT2D eigenvalue weighted by atomic mass is 10.2. The highest BCUT2D eigenvalue weighted by Crippen LogP contribution is 2.14. The van der Waals surface area contributed by atoms with Gasteiger partial charge in [-0.3, -0.25) is 14.5 Å². The molecule has 0 bridgehead atoms. The van der Waals surface area contributed by atoms with Crippen LogP contribution in [0.15, 0.2) is 28.0 Å². The van der Waals surface area contributed by atoms with Crippen LogP contribution in [-0.2, 0) is 21.4 Å². The highest BCUT2D eigenvalue weighted by molar-refractivity contribution is 7.89. The highest BCUT2D eigenvalue weighted by atomic mass is 32.2. The van der Waals surface area contributed by atoms with Crippen molar-refractivity contribution >= 4 is 15.9 Å². The number of carbonyl (C=O) groups excluding carboxylic acids is 1. The Morgan fingerprint density at radius 3 is 2.22 bits per heavy atom. The Kier molecular flexibility index (Phi) is 7.19. The summed E-state index contributed by atoms with van der Waals surface area (Å²) in [6.45, 7) is 11.1. The highest BCUT2D eigenvalue weighted by Gasteiger charge is 2.25. The molecule has 1 amide bonds. The van der Waals surface area contributed by atoms with E-state index >= 15 is 0 Å². The van der Waals surface area contributed by atoms with Crippen LogP contribution >= 0.6 is 0 Å². The number of sulfonamides is 1. The first kappa shape index (κ1) is 21.6. The fourth-order valence-electron chi connectivity index (χ4n) is 3.23. The molecule has 1 aromatic rings. The monoisotopic (exact) mass is 398 g/mol. The molecular formula is C18H30N4O4S. The van der Waals surface area contributed by atoms with Crippen molar-refractivity contribution in [3.05, 3.63) is 28.7 Å². The van der Waals surface area contributed by atoms with Crippen LogP contribution in [-0.4, -0.2) is 78.3 Å². The molecule has 1 aliphatic rings. The van der Waals surface area contributed by atoms with Crippen molar-refractivity contribution in [2.75, 3.05) is 39.3 Å². The summed E-state index contributed by atoms with van der Waals surface area (Å²) in [6, 6.07) is 2.95. The average Bonchev–Trinajstić information content (AvgIpc) is 2.64. The van der Waals surface area contributed by atoms with E-state index in [1.54, 1.807) is 18.7 Å². The van der Waals surface area contributed by atoms with Gasteiger partial charge in [0.2, 0.25) is 15.9 Å². The molecule has 2 heterocycles. The number of rotatable bonds is 7. The maximum Gasteiger partial charge on any atom is 0.251 e. The van der Waals surface area contributed by atoms with Crippen molar-refractivity contribution in [1.82, 2.24) is 18.7 Å². The second kappa shape index (κ2) is 8.99. The topological polar surface area (TPSA) is 82.9 Å². The number of nitrogens with zero attached hydrogens (tertiary/aromatic N) is 4. The Bertz CT molecular complexity index is 807. The minimum Gasteiger partial charge on any atom is -0.339 e. The minimum atomic E-state index is -3.68. The Hall–Kier alpha value is -1.71. The minimum absolute atomic E-state index is 0.0308. The maximum atomic E-state index is 12.7. The van der Waals surface area contributed by atoms with Gasteiger partial charge in [0.15, 0.2) is 0 Å². The number of amides is 1. The predicted molar refractivity (Wildman–Crippen MR) is 104 cm³/mol. The summed E-state index contributed by atoms with van der Waals surface area (Å²) in [7, 11) is -3.68. The van der Waals surface area contributed by atoms with E-state index in [1.807, 2.05) is 0 Å². The first-order valence-corrected chi connectivity index (χ1v) is 10.9. The third-order valence-electron chi connectivity index (χ3n) is 5.00. The van der Waals surface area contributed by atoms with Crippen LogP contribution in [0, 0.1) is 0 Å². The van der Waals surface area contributed by atoms with Gasteiger partial charge < -0.3 is 9.47 Å². The van der Waals surface area contributed by atoms with Gasteiger partial charge in [-0.05, 0) is 19.9 Å². The van der Waals surface area contributed by atoms with Gasteiger partial charge in [0.25, 0.3) is 5.56 Å². The molecule has 0 aromatic carbocycles. The van der Waals surface area contributed by atoms with Gasteiger partial charge in [-0.25, -0.2) is 8.42 Å². The molecule has 0 aliphatic carbocycles. The molecule has 2 rings (SSSR count). The van der Waals surface area contributed by atoms with Crippen LogP contribution in [0.25, 0.3) is 0 Å². The molecule has 0 unspecified atom stereocenters. The molecule has 8 nitrogen and oxygen atoms in total. The van der Waals surface area contributed by atoms with Crippen molar-refractivity contribution in [2.45, 2.75) is 45.2 Å². The molecule has 152 valence electrons. The summed E-state index contributed by atoms with van der Waals surface area (Å²) in [5, 5.41) is 0. The van der Waals surface area contributed by atoms with Crippen LogP contribution in [0.4, 0.5) is 0 Å². The van der Waals surface area contributed by atoms with E-state index in [4.69, 9.17) is 0 Å². The quantitative estimate of drug-likeness (QED) is 0.665. The molecule has 0 spiro atoms. The number of pyridine rings is 1. The first-order valence-electron chi connectivity index (χ1n) is 9.43. The van der Waals surface area contributed by atoms with Crippen LogP contribution in [0.2, 0.25) is 0 Å². The van der Waals surface area contributed by atoms with E-state index in [2.05, 4.69) is 18.7 Å². The third kappa shape index (κ3) is 4.97. The molecule has 1 saturated heterocycles. The van der Waals surface area contributed by atoms with Crippen LogP contribution in [0.1, 0.15) is 27.7 Å². The predicted octanol–water partition coefficient (Wildman–Crippen LogP) is 0.431. The van der Waals surface area contributed by atoms with Gasteiger partial charge in [-0.2, -0.15) is 4.31 Å². The largest absolute Gasteiger partial charge is 0.339 e. The van der Waals surface area contributed by atoms with Gasteiger partial charge in [-0.1, -0.05) is 13.8 Å². The average molecular weight is 399 g/mol. The van der Waals surface area contributed by atoms with E-state index in [-0.39, 0.29) is 22.9 Å². The molecule has 1 aromatic heterocycles. The van der Waals surface area contributed by atoms with Crippen molar-refractivity contribution in [3.63, 3.8) is 0 Å². The Morgan fingerprint density at radius 1 is 1.11 bits per heavy atom. The maximum absolute atomic E-state index is 12.7. The number of piperazine rings is 1. The molecule has 9 heteroatoms. The van der Waals surface area contributed by atoms with Gasteiger partial charge >= 0.3 is 0 Å². The lowest BCUT2D eigenvalue weighted by Gasteiger charge is -2.37. The van der Waals surface area contributed by atoms with Crippen molar-refractivity contribution in [2.24, 2.45) is 0 Å². The van der Waals surface area contributed by atoms with Crippen LogP contribution < -0.4 is 5.56 Å². The second-order valence-corrected chi connectivity index (χ2v) is 8.87. The molecule has 0 radical (unpaired) electrons. The van der Waals surface area contributed by atoms with Crippen LogP contribution in [0.3, 0.4) is 0 Å². The van der Waals surface area contributed by atoms with Gasteiger partial charge in [-0.15, -0.1) is 0 Å². The van der Waals surface area contributed by atoms with Crippen molar-refractivity contribution in [3.8, 4) is 0 Å². The number of hydrogen-bond acceptors (Lipinski definition) is 5. The molecular weight excluding hydrogens is 368 g/mol. The molecule has 0 saturated carbocycles. The molecule has 1 aliphatic heterocycles. The third-order valence-corrected chi connectivity index (χ3v) is 7.04. The molecule has 0 N–H and O–H groups in total. The lowest BCUT2D eigenvalue weighted by Crippen LogP contribution is -2.51. The molecule has 0 atom stereocenters. The summed E-state index contributed by atoms with van der Waals surface area (Å²) in [6.07, 6.45) is 1.28. The zero-order valence-corrected chi connectivity index (χ0v) is 17.4. The van der Waals surface area contributed by atoms with Crippen LogP contribution in [0.5, 0.6) is 0 Å². The normalized spacial score (nSPS) is 16.3. The van der Waals surface area contributed by atoms with E-state index < -0.39 is 10.0 Å². The Balaban J connectivity index is 2.15. The zero-order chi connectivity index (χ0) is 20.2. The standard InChI is InChI=1S/C18H30N4O4S/c1-5-22(6-2)27(25,26)16-7-8-17(23)21(13-16)14-18(24)20-11-9-19(10-12-20)15(3)4/h7-8,13,15H,5-6,9-12,14H2,1-4H3. The SMILES string of the molecule is CCN(CC)S(=O)(=O)c1ccc(=O)n(CC(=O)N2CCN(C(C)C)CC2)c1. The van der Waals surface area contributed by atoms with Gasteiger partial charge in [0.1, 0.15) is 6.54 Å². The van der Waals surface area contributed by atoms with Gasteiger partial charge in [0.05, 0.1) is 4.90 Å². The van der Waals surface area contributed by atoms with E-state index in [1.165, 1.54) is 27.2 Å². The summed E-state index contributed by atoms with van der Waals surface area (Å²) in [4.78, 5) is 28.8. The number of carbonyl (C=O) groups is 1. The molecule has 27 heavy (non-hydrogen) atoms. The van der Waals surface area contributed by atoms with E-state index in [0.29, 0.717) is 32.2 Å². The van der Waals surface area contributed by atoms with Gasteiger partial charge in [0, 0.05) is 57.6 Å². The summed E-state index contributed by atoms with van der Waals surface area (Å²) in [5.74, 6) is -0.169. The van der Waals surface area contributed by atoms with E-state index in [0.717, 1.165) is 13.1 Å². The fourth-order valence-corrected chi connectivity index (χ4v) is 4.71. The lowest BCUT2D eigenvalue weighted by molar-refractivity contribution is -0.133. The zero-order valence-electron chi connectivity index (χ0n) is 16.6. The number of aromatic nitrogens is 1. The summed E-state index contributed by atoms with van der Waals surface area (Å²) < 4.78 is 27.8. The first-order chi connectivity index (χ1) is 12.7. The second-order valence-electron chi connectivity index (χ2n) is 6.93. The number of hydrogen-bond donors (Lipinski definition) is 0. The fraction of sp³-hybridized carbons (Fsp3) is 0.667. The molecule has 1 fully saturated rings. The summed E-state index contributed by atoms with van der Waals surface area (Å²) in [5.41, 5.74) is -0.386. The Labute approximate surface area is 161 Å².